The van der Waals surface area contributed by atoms with Crippen LogP contribution in [0.5, 0.6) is 5.75 Å². The zero-order chi connectivity index (χ0) is 14.8. The molecule has 2 rings (SSSR count). The van der Waals surface area contributed by atoms with Crippen LogP contribution in [0.25, 0.3) is 0 Å². The Labute approximate surface area is 119 Å². The summed E-state index contributed by atoms with van der Waals surface area (Å²) in [5.74, 6) is 0.118. The highest BCUT2D eigenvalue weighted by Crippen LogP contribution is 2.31. The predicted molar refractivity (Wildman–Crippen MR) is 77.8 cm³/mol. The molecule has 0 radical (unpaired) electrons. The molecule has 1 aromatic rings. The molecule has 1 fully saturated rings. The van der Waals surface area contributed by atoms with Gasteiger partial charge in [-0.3, -0.25) is 4.79 Å². The maximum absolute atomic E-state index is 12.1. The van der Waals surface area contributed by atoms with Crippen LogP contribution in [-0.4, -0.2) is 28.3 Å². The quantitative estimate of drug-likeness (QED) is 0.794. The van der Waals surface area contributed by atoms with E-state index in [1.54, 1.807) is 12.1 Å². The van der Waals surface area contributed by atoms with Gasteiger partial charge < -0.3 is 15.5 Å². The van der Waals surface area contributed by atoms with Crippen LogP contribution in [0.15, 0.2) is 18.2 Å². The Balaban J connectivity index is 1.99. The number of phenolic OH excluding ortho intramolecular Hbond substituents is 1. The van der Waals surface area contributed by atoms with Crippen LogP contribution in [0.1, 0.15) is 48.5 Å². The third kappa shape index (κ3) is 3.51. The van der Waals surface area contributed by atoms with Crippen LogP contribution >= 0.6 is 0 Å². The number of hydrogen-bond donors (Lipinski definition) is 3. The molecule has 0 bridgehead atoms. The van der Waals surface area contributed by atoms with Crippen LogP contribution in [0, 0.1) is 12.8 Å². The molecule has 2 unspecified atom stereocenters. The Hall–Kier alpha value is -1.55. The highest BCUT2D eigenvalue weighted by atomic mass is 16.3. The summed E-state index contributed by atoms with van der Waals surface area (Å²) < 4.78 is 0. The van der Waals surface area contributed by atoms with E-state index in [0.717, 1.165) is 24.8 Å². The van der Waals surface area contributed by atoms with Crippen LogP contribution in [0.4, 0.5) is 0 Å². The lowest BCUT2D eigenvalue weighted by Gasteiger charge is -2.35. The van der Waals surface area contributed by atoms with E-state index in [-0.39, 0.29) is 23.8 Å². The van der Waals surface area contributed by atoms with Gasteiger partial charge in [0.15, 0.2) is 0 Å². The SMILES string of the molecule is Cc1ccc(O)c(C(=O)NCC2(O)CCCC(C)C2)c1. The fourth-order valence-corrected chi connectivity index (χ4v) is 2.96. The lowest BCUT2D eigenvalue weighted by Crippen LogP contribution is -2.45. The zero-order valence-corrected chi connectivity index (χ0v) is 12.1. The highest BCUT2D eigenvalue weighted by molar-refractivity contribution is 5.97. The normalized spacial score (nSPS) is 26.2. The summed E-state index contributed by atoms with van der Waals surface area (Å²) in [7, 11) is 0. The monoisotopic (exact) mass is 277 g/mol. The van der Waals surface area contributed by atoms with Gasteiger partial charge in [0, 0.05) is 6.54 Å². The van der Waals surface area contributed by atoms with Crippen molar-refractivity contribution >= 4 is 5.91 Å². The molecule has 1 aliphatic rings. The average Bonchev–Trinajstić information content (AvgIpc) is 2.39. The fourth-order valence-electron chi connectivity index (χ4n) is 2.96. The Bertz CT molecular complexity index is 500. The minimum Gasteiger partial charge on any atom is -0.507 e. The van der Waals surface area contributed by atoms with Gasteiger partial charge in [-0.1, -0.05) is 31.4 Å². The van der Waals surface area contributed by atoms with Crippen molar-refractivity contribution in [3.63, 3.8) is 0 Å². The maximum Gasteiger partial charge on any atom is 0.255 e. The third-order valence-corrected chi connectivity index (χ3v) is 4.04. The number of nitrogens with one attached hydrogen (secondary N) is 1. The first-order valence-electron chi connectivity index (χ1n) is 7.20. The summed E-state index contributed by atoms with van der Waals surface area (Å²) >= 11 is 0. The van der Waals surface area contributed by atoms with E-state index >= 15 is 0 Å². The van der Waals surface area contributed by atoms with Gasteiger partial charge in [0.1, 0.15) is 5.75 Å². The molecule has 0 heterocycles. The van der Waals surface area contributed by atoms with Gasteiger partial charge in [-0.25, -0.2) is 0 Å². The minimum absolute atomic E-state index is 0.0305. The Morgan fingerprint density at radius 1 is 1.50 bits per heavy atom. The number of benzene rings is 1. The van der Waals surface area contributed by atoms with Gasteiger partial charge in [-0.2, -0.15) is 0 Å². The van der Waals surface area contributed by atoms with Crippen LogP contribution < -0.4 is 5.32 Å². The molecule has 3 N–H and O–H groups in total. The molecule has 110 valence electrons. The van der Waals surface area contributed by atoms with Crippen molar-refractivity contribution in [2.45, 2.75) is 45.1 Å². The van der Waals surface area contributed by atoms with Crippen molar-refractivity contribution in [1.82, 2.24) is 5.32 Å². The second kappa shape index (κ2) is 5.83. The average molecular weight is 277 g/mol. The van der Waals surface area contributed by atoms with Crippen LogP contribution in [-0.2, 0) is 0 Å². The molecule has 2 atom stereocenters. The first-order chi connectivity index (χ1) is 9.39. The van der Waals surface area contributed by atoms with Crippen molar-refractivity contribution in [1.29, 1.82) is 0 Å². The van der Waals surface area contributed by atoms with Gasteiger partial charge in [-0.15, -0.1) is 0 Å². The smallest absolute Gasteiger partial charge is 0.255 e. The fraction of sp³-hybridized carbons (Fsp3) is 0.562. The molecule has 20 heavy (non-hydrogen) atoms. The molecule has 0 aromatic heterocycles. The number of rotatable bonds is 3. The number of carbonyl (C=O) groups excluding carboxylic acids is 1. The molecule has 0 spiro atoms. The standard InChI is InChI=1S/C16H23NO3/c1-11-5-6-14(18)13(8-11)15(19)17-10-16(20)7-3-4-12(2)9-16/h5-6,8,12,18,20H,3-4,7,9-10H2,1-2H3,(H,17,19). The zero-order valence-electron chi connectivity index (χ0n) is 12.1. The summed E-state index contributed by atoms with van der Waals surface area (Å²) in [5.41, 5.74) is 0.364. The van der Waals surface area contributed by atoms with E-state index < -0.39 is 5.60 Å². The molecule has 4 heteroatoms. The molecule has 4 nitrogen and oxygen atoms in total. The second-order valence-corrected chi connectivity index (χ2v) is 6.13. The van der Waals surface area contributed by atoms with E-state index in [0.29, 0.717) is 12.3 Å². The lowest BCUT2D eigenvalue weighted by molar-refractivity contribution is -0.0109. The Morgan fingerprint density at radius 2 is 2.25 bits per heavy atom. The van der Waals surface area contributed by atoms with E-state index in [4.69, 9.17) is 0 Å². The van der Waals surface area contributed by atoms with Gasteiger partial charge in [0.2, 0.25) is 0 Å². The topological polar surface area (TPSA) is 69.6 Å². The molecule has 1 aromatic carbocycles. The van der Waals surface area contributed by atoms with E-state index in [1.165, 1.54) is 6.07 Å². The van der Waals surface area contributed by atoms with E-state index in [2.05, 4.69) is 12.2 Å². The lowest BCUT2D eigenvalue weighted by atomic mass is 9.79. The molecule has 0 saturated heterocycles. The number of aliphatic hydroxyl groups is 1. The van der Waals surface area contributed by atoms with Crippen molar-refractivity contribution < 1.29 is 15.0 Å². The number of aromatic hydroxyl groups is 1. The largest absolute Gasteiger partial charge is 0.507 e. The molecule has 0 aliphatic heterocycles. The molecule has 1 amide bonds. The number of carbonyl (C=O) groups is 1. The van der Waals surface area contributed by atoms with Crippen molar-refractivity contribution in [3.05, 3.63) is 29.3 Å². The second-order valence-electron chi connectivity index (χ2n) is 6.13. The summed E-state index contributed by atoms with van der Waals surface area (Å²) in [4.78, 5) is 12.1. The van der Waals surface area contributed by atoms with Gasteiger partial charge in [0.05, 0.1) is 11.2 Å². The Kier molecular flexibility index (Phi) is 4.33. The van der Waals surface area contributed by atoms with E-state index in [9.17, 15) is 15.0 Å². The summed E-state index contributed by atoms with van der Waals surface area (Å²) in [5, 5.41) is 23.0. The number of aryl methyl sites for hydroxylation is 1. The minimum atomic E-state index is -0.813. The first kappa shape index (κ1) is 14.9. The molecular weight excluding hydrogens is 254 g/mol. The number of phenols is 1. The van der Waals surface area contributed by atoms with Crippen molar-refractivity contribution in [2.24, 2.45) is 5.92 Å². The number of amides is 1. The molecular formula is C16H23NO3. The third-order valence-electron chi connectivity index (χ3n) is 4.04. The maximum atomic E-state index is 12.1. The summed E-state index contributed by atoms with van der Waals surface area (Å²) in [6.45, 7) is 4.23. The Morgan fingerprint density at radius 3 is 2.95 bits per heavy atom. The highest BCUT2D eigenvalue weighted by Gasteiger charge is 2.33. The van der Waals surface area contributed by atoms with Crippen LogP contribution in [0.3, 0.4) is 0 Å². The van der Waals surface area contributed by atoms with E-state index in [1.807, 2.05) is 6.92 Å². The van der Waals surface area contributed by atoms with Gasteiger partial charge >= 0.3 is 0 Å². The van der Waals surface area contributed by atoms with Gasteiger partial charge in [-0.05, 0) is 37.8 Å². The first-order valence-corrected chi connectivity index (χ1v) is 7.20. The predicted octanol–water partition coefficient (Wildman–Crippen LogP) is 2.37. The molecule has 1 saturated carbocycles. The van der Waals surface area contributed by atoms with Crippen molar-refractivity contribution in [2.75, 3.05) is 6.54 Å². The van der Waals surface area contributed by atoms with Gasteiger partial charge in [0.25, 0.3) is 5.91 Å². The van der Waals surface area contributed by atoms with Crippen LogP contribution in [0.2, 0.25) is 0 Å². The number of hydrogen-bond acceptors (Lipinski definition) is 3. The molecule has 1 aliphatic carbocycles. The summed E-state index contributed by atoms with van der Waals surface area (Å²) in [6, 6.07) is 4.92. The van der Waals surface area contributed by atoms with Crippen molar-refractivity contribution in [3.8, 4) is 5.75 Å². The summed E-state index contributed by atoms with van der Waals surface area (Å²) in [6.07, 6.45) is 3.56.